The summed E-state index contributed by atoms with van der Waals surface area (Å²) in [5, 5.41) is 3.71. The van der Waals surface area contributed by atoms with E-state index in [9.17, 15) is 19.2 Å². The average Bonchev–Trinajstić information content (AvgIpc) is 3.00. The fourth-order valence-corrected chi connectivity index (χ4v) is 6.66. The summed E-state index contributed by atoms with van der Waals surface area (Å²) in [5.41, 5.74) is 2.83. The van der Waals surface area contributed by atoms with Crippen molar-refractivity contribution in [2.45, 2.75) is 0 Å². The molecule has 4 heterocycles. The summed E-state index contributed by atoms with van der Waals surface area (Å²) in [6.07, 6.45) is 0. The molecule has 5 aromatic carbocycles. The van der Waals surface area contributed by atoms with Crippen molar-refractivity contribution in [2.75, 3.05) is 0 Å². The van der Waals surface area contributed by atoms with Gasteiger partial charge in [-0.25, -0.2) is 0 Å². The van der Waals surface area contributed by atoms with Crippen LogP contribution in [-0.4, -0.2) is 8.80 Å². The van der Waals surface area contributed by atoms with Gasteiger partial charge in [-0.05, 0) is 60.7 Å². The van der Waals surface area contributed by atoms with E-state index in [0.29, 0.717) is 76.2 Å². The van der Waals surface area contributed by atoms with E-state index in [2.05, 4.69) is 0 Å². The number of benzene rings is 5. The zero-order valence-electron chi connectivity index (χ0n) is 20.8. The molecule has 0 saturated carbocycles. The number of hydrogen-bond donors (Lipinski definition) is 0. The fraction of sp³-hybridized carbons (Fsp3) is 0. The van der Waals surface area contributed by atoms with Gasteiger partial charge < -0.3 is 8.80 Å². The molecule has 0 aliphatic rings. The maximum Gasteiger partial charge on any atom is 0.197 e. The van der Waals surface area contributed by atoms with Crippen molar-refractivity contribution in [1.29, 1.82) is 0 Å². The summed E-state index contributed by atoms with van der Waals surface area (Å²) in [6.45, 7) is 0. The van der Waals surface area contributed by atoms with Gasteiger partial charge in [0.2, 0.25) is 0 Å². The number of aromatic nitrogens is 2. The number of hydrogen-bond acceptors (Lipinski definition) is 4. The van der Waals surface area contributed by atoms with Crippen LogP contribution < -0.4 is 21.7 Å². The minimum absolute atomic E-state index is 0.134. The lowest BCUT2D eigenvalue weighted by Gasteiger charge is -2.17. The molecule has 0 fully saturated rings. The lowest BCUT2D eigenvalue weighted by atomic mass is 9.99. The van der Waals surface area contributed by atoms with E-state index in [1.165, 1.54) is 0 Å². The molecule has 186 valence electrons. The van der Waals surface area contributed by atoms with Crippen molar-refractivity contribution in [3.05, 3.63) is 138 Å². The summed E-state index contributed by atoms with van der Waals surface area (Å²) in [7, 11) is 0. The topological polar surface area (TPSA) is 77.1 Å². The van der Waals surface area contributed by atoms with Crippen LogP contribution in [0.25, 0.3) is 76.2 Å². The molecule has 6 heteroatoms. The minimum Gasteiger partial charge on any atom is -0.307 e. The van der Waals surface area contributed by atoms with Crippen LogP contribution in [-0.2, 0) is 0 Å². The van der Waals surface area contributed by atoms with E-state index in [4.69, 9.17) is 0 Å². The first-order valence-corrected chi connectivity index (χ1v) is 13.0. The molecular formula is C34H16N2O4. The monoisotopic (exact) mass is 516 g/mol. The summed E-state index contributed by atoms with van der Waals surface area (Å²) in [6, 6.07) is 28.6. The Morgan fingerprint density at radius 2 is 0.650 bits per heavy atom. The molecule has 0 saturated heterocycles. The molecule has 0 amide bonds. The van der Waals surface area contributed by atoms with Gasteiger partial charge in [0.15, 0.2) is 21.7 Å². The largest absolute Gasteiger partial charge is 0.307 e. The zero-order valence-corrected chi connectivity index (χ0v) is 20.8. The number of fused-ring (bicyclic) bond motifs is 8. The Hall–Kier alpha value is -5.62. The van der Waals surface area contributed by atoms with E-state index in [1.54, 1.807) is 60.7 Å². The predicted molar refractivity (Wildman–Crippen MR) is 161 cm³/mol. The van der Waals surface area contributed by atoms with Gasteiger partial charge in [0.25, 0.3) is 0 Å². The highest BCUT2D eigenvalue weighted by Crippen LogP contribution is 2.31. The van der Waals surface area contributed by atoms with Gasteiger partial charge in [-0.3, -0.25) is 19.2 Å². The lowest BCUT2D eigenvalue weighted by molar-refractivity contribution is 1.29. The van der Waals surface area contributed by atoms with E-state index in [1.807, 2.05) is 45.2 Å². The third-order valence-electron chi connectivity index (χ3n) is 8.36. The predicted octanol–water partition coefficient (Wildman–Crippen LogP) is 5.43. The number of para-hydroxylation sites is 4. The summed E-state index contributed by atoms with van der Waals surface area (Å²) in [5.74, 6) is 0. The maximum atomic E-state index is 14.1. The standard InChI is InChI=1S/C34H16N2O4/c37-31-17-7-1-3-13-25(17)35-27-15-24-28(16-23(27)33(39)21-11-5-9-19(31)29(21)35)36-26-14-4-2-8-18(26)32(38)20-10-6-12-22(30(20)36)34(24)40/h1-16H. The molecule has 6 nitrogen and oxygen atoms in total. The van der Waals surface area contributed by atoms with Gasteiger partial charge in [0, 0.05) is 43.1 Å². The van der Waals surface area contributed by atoms with Gasteiger partial charge >= 0.3 is 0 Å². The molecule has 0 aliphatic carbocycles. The minimum atomic E-state index is -0.217. The van der Waals surface area contributed by atoms with Gasteiger partial charge in [-0.2, -0.15) is 0 Å². The molecule has 0 bridgehead atoms. The van der Waals surface area contributed by atoms with Crippen molar-refractivity contribution in [2.24, 2.45) is 0 Å². The normalized spacial score (nSPS) is 12.4. The highest BCUT2D eigenvalue weighted by atomic mass is 16.1. The number of nitrogens with zero attached hydrogens (tertiary/aromatic N) is 2. The second-order valence-corrected chi connectivity index (χ2v) is 10.3. The molecule has 40 heavy (non-hydrogen) atoms. The van der Waals surface area contributed by atoms with E-state index in [0.717, 1.165) is 0 Å². The van der Waals surface area contributed by atoms with Crippen molar-refractivity contribution in [3.8, 4) is 0 Å². The average molecular weight is 517 g/mol. The van der Waals surface area contributed by atoms with Crippen LogP contribution in [0.2, 0.25) is 0 Å². The van der Waals surface area contributed by atoms with Crippen molar-refractivity contribution >= 4 is 76.2 Å². The van der Waals surface area contributed by atoms with Crippen LogP contribution in [0.1, 0.15) is 0 Å². The third kappa shape index (κ3) is 2.35. The summed E-state index contributed by atoms with van der Waals surface area (Å²) in [4.78, 5) is 55.0. The van der Waals surface area contributed by atoms with Crippen LogP contribution in [0.3, 0.4) is 0 Å². The highest BCUT2D eigenvalue weighted by molar-refractivity contribution is 6.13. The Labute approximate surface area is 222 Å². The van der Waals surface area contributed by atoms with Gasteiger partial charge in [-0.15, -0.1) is 0 Å². The quantitative estimate of drug-likeness (QED) is 0.199. The smallest absolute Gasteiger partial charge is 0.197 e. The Morgan fingerprint density at radius 1 is 0.325 bits per heavy atom. The third-order valence-corrected chi connectivity index (χ3v) is 8.36. The van der Waals surface area contributed by atoms with Gasteiger partial charge in [-0.1, -0.05) is 36.4 Å². The first-order chi connectivity index (χ1) is 19.5. The van der Waals surface area contributed by atoms with E-state index >= 15 is 0 Å². The Balaban J connectivity index is 1.68. The summed E-state index contributed by atoms with van der Waals surface area (Å²) >= 11 is 0. The maximum absolute atomic E-state index is 14.1. The molecule has 0 unspecified atom stereocenters. The van der Waals surface area contributed by atoms with Crippen LogP contribution in [0.5, 0.6) is 0 Å². The summed E-state index contributed by atoms with van der Waals surface area (Å²) < 4.78 is 3.87. The second kappa shape index (κ2) is 7.07. The SMILES string of the molecule is O=c1c2ccccc2n2c3cc4c(=O)c5cccc6c(=O)c7ccccc7n(c4cc3c(=O)c3cccc1c32)c65. The Kier molecular flexibility index (Phi) is 3.77. The molecule has 0 N–H and O–H groups in total. The first-order valence-electron chi connectivity index (χ1n) is 13.0. The molecule has 9 rings (SSSR count). The molecule has 0 atom stereocenters. The van der Waals surface area contributed by atoms with Crippen molar-refractivity contribution < 1.29 is 0 Å². The molecule has 0 aliphatic heterocycles. The van der Waals surface area contributed by atoms with Crippen molar-refractivity contribution in [1.82, 2.24) is 8.80 Å². The highest BCUT2D eigenvalue weighted by Gasteiger charge is 2.21. The molecular weight excluding hydrogens is 500 g/mol. The fourth-order valence-electron chi connectivity index (χ4n) is 6.66. The van der Waals surface area contributed by atoms with E-state index in [-0.39, 0.29) is 21.7 Å². The molecule has 0 spiro atoms. The zero-order chi connectivity index (χ0) is 26.9. The molecule has 4 aromatic heterocycles. The van der Waals surface area contributed by atoms with Gasteiger partial charge in [0.1, 0.15) is 0 Å². The van der Waals surface area contributed by atoms with Crippen LogP contribution in [0.4, 0.5) is 0 Å². The van der Waals surface area contributed by atoms with E-state index < -0.39 is 0 Å². The first kappa shape index (κ1) is 21.3. The van der Waals surface area contributed by atoms with Crippen molar-refractivity contribution in [3.63, 3.8) is 0 Å². The van der Waals surface area contributed by atoms with Gasteiger partial charge in [0.05, 0.1) is 33.1 Å². The Bertz CT molecular complexity index is 2650. The molecule has 9 aromatic rings. The lowest BCUT2D eigenvalue weighted by Crippen LogP contribution is -2.16. The Morgan fingerprint density at radius 3 is 1.05 bits per heavy atom. The van der Waals surface area contributed by atoms with Crippen LogP contribution in [0, 0.1) is 0 Å². The second-order valence-electron chi connectivity index (χ2n) is 10.3. The molecule has 0 radical (unpaired) electrons. The number of pyridine rings is 4. The van der Waals surface area contributed by atoms with Crippen LogP contribution in [0.15, 0.2) is 116 Å². The van der Waals surface area contributed by atoms with Crippen LogP contribution >= 0.6 is 0 Å². The number of rotatable bonds is 0.